The van der Waals surface area contributed by atoms with Gasteiger partial charge in [0.05, 0.1) is 5.56 Å². The van der Waals surface area contributed by atoms with E-state index in [1.54, 1.807) is 0 Å². The highest BCUT2D eigenvalue weighted by atomic mass is 19.4. The highest BCUT2D eigenvalue weighted by Crippen LogP contribution is 2.35. The molecule has 0 aromatic heterocycles. The molecule has 0 aliphatic carbocycles. The first-order valence-corrected chi connectivity index (χ1v) is 6.46. The van der Waals surface area contributed by atoms with Crippen LogP contribution in [0, 0.1) is 0 Å². The summed E-state index contributed by atoms with van der Waals surface area (Å²) in [5.74, 6) is -0.754. The number of carbonyl (C=O) groups is 1. The maximum atomic E-state index is 12.7. The van der Waals surface area contributed by atoms with Crippen LogP contribution in [-0.2, 0) is 11.0 Å². The number of alkyl halides is 3. The van der Waals surface area contributed by atoms with E-state index in [9.17, 15) is 18.0 Å². The lowest BCUT2D eigenvalue weighted by Gasteiger charge is -2.16. The smallest absolute Gasteiger partial charge is 0.419 e. The van der Waals surface area contributed by atoms with Gasteiger partial charge in [0.2, 0.25) is 0 Å². The highest BCUT2D eigenvalue weighted by molar-refractivity contribution is 5.77. The van der Waals surface area contributed by atoms with Gasteiger partial charge in [0, 0.05) is 6.04 Å². The number of para-hydroxylation sites is 1. The maximum Gasteiger partial charge on any atom is 0.419 e. The van der Waals surface area contributed by atoms with Crippen LogP contribution in [0.25, 0.3) is 0 Å². The number of hydrogen-bond donors (Lipinski definition) is 1. The van der Waals surface area contributed by atoms with Gasteiger partial charge in [0.25, 0.3) is 5.91 Å². The Labute approximate surface area is 116 Å². The molecule has 0 fully saturated rings. The molecule has 0 atom stereocenters. The third-order valence-corrected chi connectivity index (χ3v) is 2.90. The second-order valence-corrected chi connectivity index (χ2v) is 4.36. The second kappa shape index (κ2) is 7.17. The predicted octanol–water partition coefficient (Wildman–Crippen LogP) is 3.39. The van der Waals surface area contributed by atoms with E-state index >= 15 is 0 Å². The minimum atomic E-state index is -4.50. The first-order valence-electron chi connectivity index (χ1n) is 6.46. The molecule has 1 rings (SSSR count). The van der Waals surface area contributed by atoms with Crippen molar-refractivity contribution in [2.24, 2.45) is 0 Å². The van der Waals surface area contributed by atoms with E-state index in [-0.39, 0.29) is 11.8 Å². The fourth-order valence-electron chi connectivity index (χ4n) is 1.73. The van der Waals surface area contributed by atoms with Crippen molar-refractivity contribution in [1.82, 2.24) is 5.32 Å². The molecule has 112 valence electrons. The lowest BCUT2D eigenvalue weighted by molar-refractivity contribution is -0.139. The molecule has 20 heavy (non-hydrogen) atoms. The van der Waals surface area contributed by atoms with Crippen LogP contribution in [0.1, 0.15) is 32.3 Å². The Bertz CT molecular complexity index is 442. The molecule has 1 aromatic rings. The summed E-state index contributed by atoms with van der Waals surface area (Å²) in [6.45, 7) is 3.42. The zero-order chi connectivity index (χ0) is 15.2. The minimum Gasteiger partial charge on any atom is -0.483 e. The molecule has 1 amide bonds. The van der Waals surface area contributed by atoms with Gasteiger partial charge in [-0.25, -0.2) is 0 Å². The lowest BCUT2D eigenvalue weighted by atomic mass is 10.2. The number of hydrogen-bond acceptors (Lipinski definition) is 2. The number of nitrogens with one attached hydrogen (secondary N) is 1. The van der Waals surface area contributed by atoms with Gasteiger partial charge in [0.15, 0.2) is 6.61 Å². The van der Waals surface area contributed by atoms with E-state index in [0.29, 0.717) is 0 Å². The van der Waals surface area contributed by atoms with E-state index in [2.05, 4.69) is 5.32 Å². The van der Waals surface area contributed by atoms with Gasteiger partial charge in [0.1, 0.15) is 5.75 Å². The van der Waals surface area contributed by atoms with Gasteiger partial charge in [-0.3, -0.25) is 4.79 Å². The number of ether oxygens (including phenoxy) is 1. The van der Waals surface area contributed by atoms with Crippen LogP contribution in [0.4, 0.5) is 13.2 Å². The quantitative estimate of drug-likeness (QED) is 0.871. The van der Waals surface area contributed by atoms with Gasteiger partial charge in [-0.05, 0) is 25.0 Å². The van der Waals surface area contributed by atoms with E-state index in [1.165, 1.54) is 18.2 Å². The molecule has 0 saturated heterocycles. The fraction of sp³-hybridized carbons (Fsp3) is 0.500. The van der Waals surface area contributed by atoms with Gasteiger partial charge in [-0.2, -0.15) is 13.2 Å². The van der Waals surface area contributed by atoms with Crippen LogP contribution in [0.3, 0.4) is 0 Å². The molecule has 0 aliphatic heterocycles. The summed E-state index contributed by atoms with van der Waals surface area (Å²) >= 11 is 0. The van der Waals surface area contributed by atoms with E-state index in [0.717, 1.165) is 18.9 Å². The van der Waals surface area contributed by atoms with E-state index in [1.807, 2.05) is 13.8 Å². The molecule has 0 heterocycles. The van der Waals surface area contributed by atoms with Crippen molar-refractivity contribution in [3.63, 3.8) is 0 Å². The Morgan fingerprint density at radius 1 is 1.25 bits per heavy atom. The molecule has 3 nitrogen and oxygen atoms in total. The third kappa shape index (κ3) is 4.75. The third-order valence-electron chi connectivity index (χ3n) is 2.90. The van der Waals surface area contributed by atoms with Crippen LogP contribution in [0.5, 0.6) is 5.75 Å². The summed E-state index contributed by atoms with van der Waals surface area (Å²) in [5.41, 5.74) is -0.879. The second-order valence-electron chi connectivity index (χ2n) is 4.36. The van der Waals surface area contributed by atoms with Crippen molar-refractivity contribution in [3.8, 4) is 5.75 Å². The number of benzene rings is 1. The number of halogens is 3. The molecule has 1 N–H and O–H groups in total. The van der Waals surface area contributed by atoms with Crippen molar-refractivity contribution >= 4 is 5.91 Å². The molecular formula is C14H18F3NO2. The molecule has 0 spiro atoms. The Morgan fingerprint density at radius 2 is 1.85 bits per heavy atom. The summed E-state index contributed by atoms with van der Waals surface area (Å²) in [5, 5.41) is 2.70. The molecule has 0 aliphatic rings. The molecule has 0 saturated carbocycles. The molecule has 0 unspecified atom stereocenters. The lowest BCUT2D eigenvalue weighted by Crippen LogP contribution is -2.37. The van der Waals surface area contributed by atoms with Crippen molar-refractivity contribution in [1.29, 1.82) is 0 Å². The standard InChI is InChI=1S/C14H18F3NO2/c1-3-10(4-2)18-13(19)9-20-12-8-6-5-7-11(12)14(15,16)17/h5-8,10H,3-4,9H2,1-2H3,(H,18,19). The molecule has 0 radical (unpaired) electrons. The Kier molecular flexibility index (Phi) is 5.85. The van der Waals surface area contributed by atoms with Gasteiger partial charge < -0.3 is 10.1 Å². The largest absolute Gasteiger partial charge is 0.483 e. The number of amides is 1. The zero-order valence-electron chi connectivity index (χ0n) is 11.5. The predicted molar refractivity (Wildman–Crippen MR) is 69.5 cm³/mol. The normalized spacial score (nSPS) is 11.5. The molecule has 6 heteroatoms. The van der Waals surface area contributed by atoms with Crippen LogP contribution in [0.15, 0.2) is 24.3 Å². The Morgan fingerprint density at radius 3 is 2.40 bits per heavy atom. The van der Waals surface area contributed by atoms with Gasteiger partial charge in [-0.1, -0.05) is 26.0 Å². The summed E-state index contributed by atoms with van der Waals surface area (Å²) in [6.07, 6.45) is -2.97. The minimum absolute atomic E-state index is 0.0176. The number of carbonyl (C=O) groups excluding carboxylic acids is 1. The highest BCUT2D eigenvalue weighted by Gasteiger charge is 2.34. The first-order chi connectivity index (χ1) is 9.38. The van der Waals surface area contributed by atoms with Gasteiger partial charge in [-0.15, -0.1) is 0 Å². The summed E-state index contributed by atoms with van der Waals surface area (Å²) in [7, 11) is 0. The van der Waals surface area contributed by atoms with Crippen molar-refractivity contribution in [3.05, 3.63) is 29.8 Å². The molecule has 0 bridgehead atoms. The molecule has 1 aromatic carbocycles. The zero-order valence-corrected chi connectivity index (χ0v) is 11.5. The fourth-order valence-corrected chi connectivity index (χ4v) is 1.73. The van der Waals surface area contributed by atoms with E-state index < -0.39 is 24.3 Å². The summed E-state index contributed by atoms with van der Waals surface area (Å²) in [4.78, 5) is 11.6. The topological polar surface area (TPSA) is 38.3 Å². The SMILES string of the molecule is CCC(CC)NC(=O)COc1ccccc1C(F)(F)F. The molecular weight excluding hydrogens is 271 g/mol. The van der Waals surface area contributed by atoms with Crippen LogP contribution in [0.2, 0.25) is 0 Å². The monoisotopic (exact) mass is 289 g/mol. The van der Waals surface area contributed by atoms with Crippen molar-refractivity contribution < 1.29 is 22.7 Å². The first kappa shape index (κ1) is 16.3. The summed E-state index contributed by atoms with van der Waals surface area (Å²) < 4.78 is 43.1. The average Bonchev–Trinajstić information content (AvgIpc) is 2.41. The Hall–Kier alpha value is -1.72. The summed E-state index contributed by atoms with van der Waals surface area (Å²) in [6, 6.07) is 4.86. The van der Waals surface area contributed by atoms with Crippen LogP contribution < -0.4 is 10.1 Å². The van der Waals surface area contributed by atoms with E-state index in [4.69, 9.17) is 4.74 Å². The Balaban J connectivity index is 2.64. The number of rotatable bonds is 6. The van der Waals surface area contributed by atoms with Gasteiger partial charge >= 0.3 is 6.18 Å². The van der Waals surface area contributed by atoms with Crippen LogP contribution in [-0.4, -0.2) is 18.6 Å². The maximum absolute atomic E-state index is 12.7. The van der Waals surface area contributed by atoms with Crippen molar-refractivity contribution in [2.45, 2.75) is 38.9 Å². The van der Waals surface area contributed by atoms with Crippen molar-refractivity contribution in [2.75, 3.05) is 6.61 Å². The van der Waals surface area contributed by atoms with Crippen LogP contribution >= 0.6 is 0 Å². The average molecular weight is 289 g/mol.